The van der Waals surface area contributed by atoms with Crippen LogP contribution in [0.2, 0.25) is 5.02 Å². The molecule has 0 aliphatic carbocycles. The first-order chi connectivity index (χ1) is 9.50. The zero-order valence-electron chi connectivity index (χ0n) is 11.4. The van der Waals surface area contributed by atoms with E-state index in [2.05, 4.69) is 5.32 Å². The van der Waals surface area contributed by atoms with Crippen LogP contribution in [0.15, 0.2) is 18.2 Å². The number of piperidine rings is 1. The van der Waals surface area contributed by atoms with Crippen molar-refractivity contribution in [1.29, 1.82) is 0 Å². The van der Waals surface area contributed by atoms with Crippen LogP contribution in [0.5, 0.6) is 0 Å². The lowest BCUT2D eigenvalue weighted by atomic mass is 10.0. The van der Waals surface area contributed by atoms with Gasteiger partial charge in [0.2, 0.25) is 5.91 Å². The number of nitrogens with zero attached hydrogens (tertiary/aromatic N) is 1. The van der Waals surface area contributed by atoms with Crippen LogP contribution in [0, 0.1) is 6.92 Å². The van der Waals surface area contributed by atoms with E-state index in [1.54, 1.807) is 0 Å². The molecule has 1 aliphatic rings. The smallest absolute Gasteiger partial charge is 0.240 e. The maximum absolute atomic E-state index is 11.5. The highest BCUT2D eigenvalue weighted by Crippen LogP contribution is 2.24. The Bertz CT molecular complexity index is 535. The third-order valence-corrected chi connectivity index (χ3v) is 4.35. The minimum Gasteiger partial charge on any atom is -0.368 e. The summed E-state index contributed by atoms with van der Waals surface area (Å²) in [6, 6.07) is 5.29. The second-order valence-electron chi connectivity index (χ2n) is 4.95. The molecule has 1 heterocycles. The fourth-order valence-electron chi connectivity index (χ4n) is 2.40. The zero-order valence-corrected chi connectivity index (χ0v) is 12.9. The molecule has 0 spiro atoms. The molecule has 6 heteroatoms. The van der Waals surface area contributed by atoms with Gasteiger partial charge in [-0.2, -0.15) is 0 Å². The molecule has 1 aromatic carbocycles. The van der Waals surface area contributed by atoms with Crippen molar-refractivity contribution < 1.29 is 4.79 Å². The number of hydrogen-bond donors (Lipinski definition) is 2. The predicted octanol–water partition coefficient (Wildman–Crippen LogP) is 2.69. The lowest BCUT2D eigenvalue weighted by Crippen LogP contribution is -2.51. The van der Waals surface area contributed by atoms with Gasteiger partial charge in [0, 0.05) is 17.3 Å². The molecule has 0 radical (unpaired) electrons. The van der Waals surface area contributed by atoms with Gasteiger partial charge in [-0.1, -0.05) is 17.7 Å². The number of carbonyl (C=O) groups excluding carboxylic acids is 1. The Kier molecular flexibility index (Phi) is 4.83. The number of primary amides is 1. The molecule has 1 aromatic rings. The molecule has 3 N–H and O–H groups in total. The molecule has 0 saturated carbocycles. The molecule has 1 atom stereocenters. The topological polar surface area (TPSA) is 58.4 Å². The number of hydrogen-bond acceptors (Lipinski definition) is 2. The maximum atomic E-state index is 11.5. The SMILES string of the molecule is Cc1c(Cl)cccc1NC(=S)N1CCCC[C@H]1C(N)=O. The van der Waals surface area contributed by atoms with Crippen molar-refractivity contribution in [2.24, 2.45) is 5.73 Å². The van der Waals surface area contributed by atoms with Crippen LogP contribution >= 0.6 is 23.8 Å². The van der Waals surface area contributed by atoms with Gasteiger partial charge in [-0.3, -0.25) is 4.79 Å². The van der Waals surface area contributed by atoms with Gasteiger partial charge in [0.15, 0.2) is 5.11 Å². The van der Waals surface area contributed by atoms with Crippen LogP contribution in [0.25, 0.3) is 0 Å². The molecule has 2 rings (SSSR count). The van der Waals surface area contributed by atoms with Crippen LogP contribution in [0.4, 0.5) is 5.69 Å². The average molecular weight is 312 g/mol. The number of nitrogens with two attached hydrogens (primary N) is 1. The van der Waals surface area contributed by atoms with E-state index in [1.165, 1.54) is 0 Å². The Balaban J connectivity index is 2.14. The minimum atomic E-state index is -0.323. The molecule has 4 nitrogen and oxygen atoms in total. The lowest BCUT2D eigenvalue weighted by Gasteiger charge is -2.35. The van der Waals surface area contributed by atoms with Crippen molar-refractivity contribution in [1.82, 2.24) is 4.90 Å². The molecule has 1 fully saturated rings. The van der Waals surface area contributed by atoms with Crippen molar-refractivity contribution in [3.63, 3.8) is 0 Å². The molecule has 1 aliphatic heterocycles. The summed E-state index contributed by atoms with van der Waals surface area (Å²) in [5.41, 5.74) is 7.25. The molecule has 1 amide bonds. The zero-order chi connectivity index (χ0) is 14.7. The molecule has 0 aromatic heterocycles. The summed E-state index contributed by atoms with van der Waals surface area (Å²) >= 11 is 11.5. The van der Waals surface area contributed by atoms with Gasteiger partial charge in [0.05, 0.1) is 0 Å². The quantitative estimate of drug-likeness (QED) is 0.825. The van der Waals surface area contributed by atoms with Gasteiger partial charge in [0.1, 0.15) is 6.04 Å². The number of carbonyl (C=O) groups is 1. The number of benzene rings is 1. The highest BCUT2D eigenvalue weighted by atomic mass is 35.5. The van der Waals surface area contributed by atoms with Crippen molar-refractivity contribution in [2.75, 3.05) is 11.9 Å². The number of amides is 1. The van der Waals surface area contributed by atoms with Crippen molar-refractivity contribution in [3.8, 4) is 0 Å². The number of halogens is 1. The van der Waals surface area contributed by atoms with Crippen molar-refractivity contribution >= 4 is 40.5 Å². The van der Waals surface area contributed by atoms with Gasteiger partial charge in [0.25, 0.3) is 0 Å². The van der Waals surface area contributed by atoms with E-state index < -0.39 is 0 Å². The minimum absolute atomic E-state index is 0.316. The van der Waals surface area contributed by atoms with Gasteiger partial charge >= 0.3 is 0 Å². The molecule has 1 saturated heterocycles. The first kappa shape index (κ1) is 15.1. The highest BCUT2D eigenvalue weighted by molar-refractivity contribution is 7.80. The van der Waals surface area contributed by atoms with Gasteiger partial charge in [-0.25, -0.2) is 0 Å². The van der Waals surface area contributed by atoms with Gasteiger partial charge in [-0.05, 0) is 56.1 Å². The summed E-state index contributed by atoms with van der Waals surface area (Å²) < 4.78 is 0. The Labute approximate surface area is 129 Å². The van der Waals surface area contributed by atoms with Crippen molar-refractivity contribution in [3.05, 3.63) is 28.8 Å². The van der Waals surface area contributed by atoms with Crippen LogP contribution in [-0.2, 0) is 4.79 Å². The molecule has 0 bridgehead atoms. The highest BCUT2D eigenvalue weighted by Gasteiger charge is 2.28. The van der Waals surface area contributed by atoms with Crippen LogP contribution in [0.3, 0.4) is 0 Å². The largest absolute Gasteiger partial charge is 0.368 e. The summed E-state index contributed by atoms with van der Waals surface area (Å²) in [6.07, 6.45) is 2.77. The average Bonchev–Trinajstić information content (AvgIpc) is 2.43. The molecular weight excluding hydrogens is 294 g/mol. The van der Waals surface area contributed by atoms with E-state index in [0.717, 1.165) is 37.1 Å². The van der Waals surface area contributed by atoms with Gasteiger partial charge < -0.3 is 16.0 Å². The lowest BCUT2D eigenvalue weighted by molar-refractivity contribution is -0.122. The molecule has 108 valence electrons. The van der Waals surface area contributed by atoms with E-state index in [-0.39, 0.29) is 11.9 Å². The summed E-state index contributed by atoms with van der Waals surface area (Å²) in [7, 11) is 0. The number of likely N-dealkylation sites (tertiary alicyclic amines) is 1. The Morgan fingerprint density at radius 1 is 1.50 bits per heavy atom. The summed E-state index contributed by atoms with van der Waals surface area (Å²) in [5, 5.41) is 4.38. The van der Waals surface area contributed by atoms with Crippen LogP contribution in [0.1, 0.15) is 24.8 Å². The second-order valence-corrected chi connectivity index (χ2v) is 5.74. The summed E-state index contributed by atoms with van der Waals surface area (Å²) in [5.74, 6) is -0.323. The third-order valence-electron chi connectivity index (χ3n) is 3.60. The van der Waals surface area contributed by atoms with Crippen molar-refractivity contribution in [2.45, 2.75) is 32.2 Å². The number of anilines is 1. The summed E-state index contributed by atoms with van der Waals surface area (Å²) in [4.78, 5) is 13.4. The number of rotatable bonds is 2. The third kappa shape index (κ3) is 3.22. The van der Waals surface area contributed by atoms with E-state index in [4.69, 9.17) is 29.6 Å². The number of nitrogens with one attached hydrogen (secondary N) is 1. The van der Waals surface area contributed by atoms with E-state index in [0.29, 0.717) is 10.1 Å². The van der Waals surface area contributed by atoms with E-state index in [9.17, 15) is 4.79 Å². The van der Waals surface area contributed by atoms with E-state index in [1.807, 2.05) is 30.0 Å². The predicted molar refractivity (Wildman–Crippen MR) is 85.9 cm³/mol. The Morgan fingerprint density at radius 3 is 2.95 bits per heavy atom. The fourth-order valence-corrected chi connectivity index (χ4v) is 2.90. The number of thiocarbonyl (C=S) groups is 1. The van der Waals surface area contributed by atoms with Gasteiger partial charge in [-0.15, -0.1) is 0 Å². The molecular formula is C14H18ClN3OS. The second kappa shape index (κ2) is 6.41. The molecule has 20 heavy (non-hydrogen) atoms. The normalized spacial score (nSPS) is 18.7. The molecule has 0 unspecified atom stereocenters. The summed E-state index contributed by atoms with van der Waals surface area (Å²) in [6.45, 7) is 2.67. The fraction of sp³-hybridized carbons (Fsp3) is 0.429. The van der Waals surface area contributed by atoms with E-state index >= 15 is 0 Å². The monoisotopic (exact) mass is 311 g/mol. The maximum Gasteiger partial charge on any atom is 0.240 e. The Hall–Kier alpha value is -1.33. The first-order valence-electron chi connectivity index (χ1n) is 6.62. The standard InChI is InChI=1S/C14H18ClN3OS/c1-9-10(15)5-4-6-11(9)17-14(20)18-8-3-2-7-12(18)13(16)19/h4-6,12H,2-3,7-8H2,1H3,(H2,16,19)(H,17,20)/t12-/m0/s1. The first-order valence-corrected chi connectivity index (χ1v) is 7.41. The van der Waals surface area contributed by atoms with Crippen LogP contribution < -0.4 is 11.1 Å². The Morgan fingerprint density at radius 2 is 2.25 bits per heavy atom. The van der Waals surface area contributed by atoms with Crippen LogP contribution in [-0.4, -0.2) is 28.5 Å².